The molecule has 3 aliphatic heterocycles. The number of likely N-dealkylation sites (tertiary alicyclic amines) is 3. The van der Waals surface area contributed by atoms with Crippen molar-refractivity contribution in [1.82, 2.24) is 25.3 Å². The average molecular weight is 1280 g/mol. The smallest absolute Gasteiger partial charge is 1.00 e. The Morgan fingerprint density at radius 2 is 1.03 bits per heavy atom. The van der Waals surface area contributed by atoms with Crippen LogP contribution in [0.4, 0.5) is 19.2 Å². The number of nitrogens with two attached hydrogens (primary N) is 1. The second-order valence-electron chi connectivity index (χ2n) is 25.8. The van der Waals surface area contributed by atoms with Gasteiger partial charge in [-0.1, -0.05) is 109 Å². The maximum atomic E-state index is 12.7. The van der Waals surface area contributed by atoms with Gasteiger partial charge in [0, 0.05) is 90.1 Å². The zero-order valence-corrected chi connectivity index (χ0v) is 58.4. The Hall–Kier alpha value is -6.98. The van der Waals surface area contributed by atoms with Crippen LogP contribution < -0.4 is 45.9 Å². The van der Waals surface area contributed by atoms with Gasteiger partial charge in [0.25, 0.3) is 0 Å². The van der Waals surface area contributed by atoms with Crippen LogP contribution in [0.15, 0.2) is 109 Å². The van der Waals surface area contributed by atoms with Crippen molar-refractivity contribution in [2.75, 3.05) is 59.1 Å². The largest absolute Gasteiger partial charge is 1.00 e. The SMILES string of the molecule is CC(C)(C)OC(=O)N1CC[C@H](NC(=O)OCC2c3ccccc3-c3ccccc32)[C@H](CC(=O)O)C1.CCOC(=O)C1CN(C(=O)OC(C)(C)C)CCC1=O.CCOC(=O)[C@@H]1CN(C(=O)OC(C)(C)C)CC[C@@H]1N[C@@H](C)c1ccccc1.C[C@H](N)c1ccccc1.[B].[H-].[Na+]. The van der Waals surface area contributed by atoms with Crippen LogP contribution in [-0.4, -0.2) is 164 Å². The van der Waals surface area contributed by atoms with Crippen molar-refractivity contribution in [2.45, 2.75) is 163 Å². The minimum atomic E-state index is -0.986. The number of ether oxygens (including phenoxy) is 6. The van der Waals surface area contributed by atoms with Gasteiger partial charge in [-0.25, -0.2) is 19.2 Å². The van der Waals surface area contributed by atoms with Gasteiger partial charge < -0.3 is 66.0 Å². The number of fused-ring (bicyclic) bond motifs is 3. The number of esters is 2. The van der Waals surface area contributed by atoms with Crippen LogP contribution in [0.3, 0.4) is 0 Å². The molecule has 3 saturated heterocycles. The fraction of sp³-hybridized carbons (Fsp3) is 0.536. The fourth-order valence-electron chi connectivity index (χ4n) is 10.8. The number of ketones is 1. The molecular weight excluding hydrogens is 1190 g/mol. The van der Waals surface area contributed by atoms with E-state index in [9.17, 15) is 43.5 Å². The van der Waals surface area contributed by atoms with E-state index in [0.717, 1.165) is 27.8 Å². The minimum Gasteiger partial charge on any atom is -1.00 e. The Bertz CT molecular complexity index is 2990. The molecule has 3 fully saturated rings. The van der Waals surface area contributed by atoms with Crippen molar-refractivity contribution < 1.29 is 103 Å². The predicted molar refractivity (Wildman–Crippen MR) is 348 cm³/mol. The number of hydrogen-bond acceptors (Lipinski definition) is 16. The number of carboxylic acid groups (broad SMARTS) is 1. The molecule has 497 valence electrons. The first-order valence-electron chi connectivity index (χ1n) is 31.1. The number of amides is 4. The molecule has 3 radical (unpaired) electrons. The van der Waals surface area contributed by atoms with Gasteiger partial charge in [0.05, 0.1) is 25.6 Å². The number of alkyl carbamates (subject to hydrolysis) is 1. The first-order valence-corrected chi connectivity index (χ1v) is 31.1. The van der Waals surface area contributed by atoms with E-state index in [1.165, 1.54) is 15.4 Å². The summed E-state index contributed by atoms with van der Waals surface area (Å²) in [6, 6.07) is 36.2. The first-order chi connectivity index (χ1) is 42.4. The second kappa shape index (κ2) is 37.1. The summed E-state index contributed by atoms with van der Waals surface area (Å²) in [6.07, 6.45) is -0.886. The molecule has 0 saturated carbocycles. The zero-order valence-electron chi connectivity index (χ0n) is 57.4. The maximum absolute atomic E-state index is 12.7. The van der Waals surface area contributed by atoms with Crippen molar-refractivity contribution in [2.24, 2.45) is 23.5 Å². The van der Waals surface area contributed by atoms with Gasteiger partial charge >= 0.3 is 71.8 Å². The van der Waals surface area contributed by atoms with E-state index in [4.69, 9.17) is 34.2 Å². The molecule has 21 nitrogen and oxygen atoms in total. The van der Waals surface area contributed by atoms with Crippen LogP contribution >= 0.6 is 0 Å². The summed E-state index contributed by atoms with van der Waals surface area (Å²) < 4.78 is 31.9. The number of carboxylic acids is 1. The van der Waals surface area contributed by atoms with Crippen molar-refractivity contribution in [1.29, 1.82) is 0 Å². The number of rotatable bonds is 13. The molecule has 4 aromatic carbocycles. The van der Waals surface area contributed by atoms with Crippen molar-refractivity contribution >= 4 is 56.5 Å². The maximum Gasteiger partial charge on any atom is 1.00 e. The third kappa shape index (κ3) is 25.5. The summed E-state index contributed by atoms with van der Waals surface area (Å²) >= 11 is 0. The summed E-state index contributed by atoms with van der Waals surface area (Å²) in [6.45, 7) is 26.1. The quantitative estimate of drug-likeness (QED) is 0.0428. The second-order valence-corrected chi connectivity index (χ2v) is 25.8. The van der Waals surface area contributed by atoms with Gasteiger partial charge in [-0.15, -0.1) is 0 Å². The van der Waals surface area contributed by atoms with E-state index in [1.807, 2.05) is 100 Å². The van der Waals surface area contributed by atoms with Crippen LogP contribution in [0.1, 0.15) is 157 Å². The molecule has 3 heterocycles. The topological polar surface area (TPSA) is 272 Å². The van der Waals surface area contributed by atoms with Crippen LogP contribution in [0, 0.1) is 17.8 Å². The summed E-state index contributed by atoms with van der Waals surface area (Å²) in [4.78, 5) is 101. The van der Waals surface area contributed by atoms with Crippen LogP contribution in [-0.2, 0) is 47.6 Å². The summed E-state index contributed by atoms with van der Waals surface area (Å²) in [5, 5.41) is 15.8. The summed E-state index contributed by atoms with van der Waals surface area (Å²) in [5.41, 5.74) is 10.7. The van der Waals surface area contributed by atoms with Crippen LogP contribution in [0.5, 0.6) is 0 Å². The van der Waals surface area contributed by atoms with Gasteiger partial charge in [0.2, 0.25) is 0 Å². The molecule has 0 bridgehead atoms. The van der Waals surface area contributed by atoms with Gasteiger partial charge in [0.1, 0.15) is 29.3 Å². The Balaban J connectivity index is 0.000000452. The van der Waals surface area contributed by atoms with E-state index >= 15 is 0 Å². The van der Waals surface area contributed by atoms with E-state index in [-0.39, 0.29) is 127 Å². The van der Waals surface area contributed by atoms with Crippen molar-refractivity contribution in [3.05, 3.63) is 131 Å². The average Bonchev–Trinajstić information content (AvgIpc) is 1.63. The Morgan fingerprint density at radius 1 is 0.598 bits per heavy atom. The van der Waals surface area contributed by atoms with E-state index in [0.29, 0.717) is 39.1 Å². The number of hydrogen-bond donors (Lipinski definition) is 4. The minimum absolute atomic E-state index is 0. The molecule has 92 heavy (non-hydrogen) atoms. The number of Topliss-reactive ketones (excluding diaryl/α,β-unsaturated/α-hetero) is 1. The first kappa shape index (κ1) is 79.3. The van der Waals surface area contributed by atoms with E-state index in [1.54, 1.807) is 60.3 Å². The van der Waals surface area contributed by atoms with Crippen LogP contribution in [0.2, 0.25) is 0 Å². The molecule has 7 atom stereocenters. The van der Waals surface area contributed by atoms with Crippen molar-refractivity contribution in [3.8, 4) is 11.1 Å². The number of nitrogens with zero attached hydrogens (tertiary/aromatic N) is 3. The molecule has 0 aromatic heterocycles. The molecule has 4 aromatic rings. The number of benzene rings is 4. The molecular formula is C69H97BN6NaO15. The van der Waals surface area contributed by atoms with Gasteiger partial charge in [-0.2, -0.15) is 0 Å². The monoisotopic (exact) mass is 1280 g/mol. The fourth-order valence-corrected chi connectivity index (χ4v) is 10.8. The van der Waals surface area contributed by atoms with Crippen LogP contribution in [0.25, 0.3) is 11.1 Å². The molecule has 8 rings (SSSR count). The summed E-state index contributed by atoms with van der Waals surface area (Å²) in [7, 11) is 0. The standard InChI is InChI=1S/C27H32N2O6.C21H32N2O4.C13H21NO5.C8H11N.B.Na.H/c1-27(2,3)35-26(33)29-13-12-23(17(15-29)14-24(30)31)28-25(32)34-16-22-20-10-6-4-8-18(20)19-9-5-7-11-21(19)22;1-6-26-19(24)17-14-23(20(25)27-21(3,4)5)13-12-18(17)22-15(2)16-10-8-7-9-11-16;1-5-18-11(16)9-8-14(7-6-10(9)15)12(17)19-13(2,3)4;1-7(9)8-5-3-2-4-6-8;;;/h4-11,17,22-23H,12-16H2,1-3H3,(H,28,32)(H,30,31);7-11,15,17-18,22H,6,12-14H2,1-5H3;9H,5-8H2,1-4H3;2-7H,9H2,1H3;;;/q;;;;;+1;-1/t17-,23+;15-,17+,18-;;7-;;;/m10.0.../s1. The van der Waals surface area contributed by atoms with E-state index in [2.05, 4.69) is 54.0 Å². The Morgan fingerprint density at radius 3 is 1.49 bits per heavy atom. The third-order valence-corrected chi connectivity index (χ3v) is 15.1. The van der Waals surface area contributed by atoms with Gasteiger partial charge in [-0.3, -0.25) is 19.2 Å². The molecule has 5 N–H and O–H groups in total. The number of carbonyl (C=O) groups is 8. The molecule has 1 aliphatic carbocycles. The Labute approximate surface area is 569 Å². The molecule has 0 spiro atoms. The number of nitrogens with one attached hydrogen (secondary N) is 2. The van der Waals surface area contributed by atoms with E-state index < -0.39 is 70.8 Å². The number of carbonyl (C=O) groups excluding carboxylic acids is 7. The number of piperidine rings is 3. The van der Waals surface area contributed by atoms with Gasteiger partial charge in [0.15, 0.2) is 5.78 Å². The predicted octanol–water partition coefficient (Wildman–Crippen LogP) is 7.97. The summed E-state index contributed by atoms with van der Waals surface area (Å²) in [5.74, 6) is -3.83. The van der Waals surface area contributed by atoms with Gasteiger partial charge in [-0.05, 0) is 136 Å². The zero-order chi connectivity index (χ0) is 66.5. The molecule has 23 heteroatoms. The third-order valence-electron chi connectivity index (χ3n) is 15.1. The molecule has 1 unspecified atom stereocenters. The molecule has 4 aliphatic rings. The Kier molecular flexibility index (Phi) is 31.9. The normalized spacial score (nSPS) is 19.1. The van der Waals surface area contributed by atoms with Crippen molar-refractivity contribution in [3.63, 3.8) is 0 Å². The number of aliphatic carboxylic acids is 1. The molecule has 4 amide bonds.